The molecule has 0 N–H and O–H groups in total. The summed E-state index contributed by atoms with van der Waals surface area (Å²) in [5, 5.41) is 1.14. The highest BCUT2D eigenvalue weighted by atomic mass is 32.2. The van der Waals surface area contributed by atoms with Gasteiger partial charge in [-0.25, -0.2) is 4.39 Å². The van der Waals surface area contributed by atoms with E-state index in [1.807, 2.05) is 36.0 Å². The van der Waals surface area contributed by atoms with Gasteiger partial charge < -0.3 is 0 Å². The Morgan fingerprint density at radius 1 is 0.857 bits per heavy atom. The number of benzene rings is 3. The lowest BCUT2D eigenvalue weighted by atomic mass is 9.93. The number of para-hydroxylation sites is 1. The Bertz CT molecular complexity index is 1120. The molecule has 0 bridgehead atoms. The maximum atomic E-state index is 13.6. The zero-order valence-electron chi connectivity index (χ0n) is 15.4. The largest absolute Gasteiger partial charge is 0.252 e. The van der Waals surface area contributed by atoms with Crippen molar-refractivity contribution in [1.29, 1.82) is 0 Å². The molecular formula is C25H20FNS. The van der Waals surface area contributed by atoms with E-state index in [1.54, 1.807) is 12.1 Å². The van der Waals surface area contributed by atoms with E-state index in [1.165, 1.54) is 34.6 Å². The van der Waals surface area contributed by atoms with Crippen LogP contribution in [0, 0.1) is 5.82 Å². The predicted octanol–water partition coefficient (Wildman–Crippen LogP) is 7.21. The van der Waals surface area contributed by atoms with E-state index in [-0.39, 0.29) is 5.82 Å². The standard InChI is InChI=1S/C25H20FNS/c26-19-14-12-17(13-15-19)24-21-8-4-5-9-23(21)27-25(18-10-11-18)22(24)16-28-20-6-2-1-3-7-20/h1-9,12-15,18H,10-11,16H2. The van der Waals surface area contributed by atoms with Crippen LogP contribution in [0.25, 0.3) is 22.0 Å². The van der Waals surface area contributed by atoms with Crippen LogP contribution in [-0.2, 0) is 5.75 Å². The van der Waals surface area contributed by atoms with Gasteiger partial charge in [-0.3, -0.25) is 4.98 Å². The molecule has 0 atom stereocenters. The molecule has 1 heterocycles. The lowest BCUT2D eigenvalue weighted by Crippen LogP contribution is -2.01. The summed E-state index contributed by atoms with van der Waals surface area (Å²) in [5.74, 6) is 1.21. The first kappa shape index (κ1) is 17.4. The van der Waals surface area contributed by atoms with E-state index in [2.05, 4.69) is 42.5 Å². The molecule has 138 valence electrons. The SMILES string of the molecule is Fc1ccc(-c2c(CSc3ccccc3)c(C3CC3)nc3ccccc23)cc1. The molecule has 0 aliphatic heterocycles. The summed E-state index contributed by atoms with van der Waals surface area (Å²) in [7, 11) is 0. The van der Waals surface area contributed by atoms with Crippen LogP contribution in [0.5, 0.6) is 0 Å². The molecule has 0 spiro atoms. The van der Waals surface area contributed by atoms with Crippen LogP contribution in [0.2, 0.25) is 0 Å². The molecule has 0 radical (unpaired) electrons. The summed E-state index contributed by atoms with van der Waals surface area (Å²) >= 11 is 1.84. The maximum Gasteiger partial charge on any atom is 0.123 e. The van der Waals surface area contributed by atoms with Gasteiger partial charge in [0.1, 0.15) is 5.82 Å². The zero-order chi connectivity index (χ0) is 18.9. The summed E-state index contributed by atoms with van der Waals surface area (Å²) in [4.78, 5) is 6.32. The van der Waals surface area contributed by atoms with Crippen molar-refractivity contribution in [1.82, 2.24) is 4.98 Å². The molecule has 4 aromatic rings. The molecule has 1 aromatic heterocycles. The van der Waals surface area contributed by atoms with E-state index in [0.29, 0.717) is 5.92 Å². The second kappa shape index (κ2) is 7.40. The first-order valence-corrected chi connectivity index (χ1v) is 10.6. The lowest BCUT2D eigenvalue weighted by molar-refractivity contribution is 0.628. The van der Waals surface area contributed by atoms with Gasteiger partial charge in [0.15, 0.2) is 0 Å². The first-order chi connectivity index (χ1) is 13.8. The van der Waals surface area contributed by atoms with E-state index < -0.39 is 0 Å². The lowest BCUT2D eigenvalue weighted by Gasteiger charge is -2.17. The third-order valence-corrected chi connectivity index (χ3v) is 6.29. The molecular weight excluding hydrogens is 365 g/mol. The van der Waals surface area contributed by atoms with Crippen molar-refractivity contribution in [3.8, 4) is 11.1 Å². The van der Waals surface area contributed by atoms with E-state index >= 15 is 0 Å². The molecule has 5 rings (SSSR count). The van der Waals surface area contributed by atoms with Crippen LogP contribution in [-0.4, -0.2) is 4.98 Å². The fourth-order valence-corrected chi connectivity index (χ4v) is 4.68. The maximum absolute atomic E-state index is 13.6. The number of rotatable bonds is 5. The Morgan fingerprint density at radius 2 is 1.57 bits per heavy atom. The highest BCUT2D eigenvalue weighted by Crippen LogP contribution is 2.46. The normalized spacial score (nSPS) is 13.8. The summed E-state index contributed by atoms with van der Waals surface area (Å²) in [6.45, 7) is 0. The number of hydrogen-bond acceptors (Lipinski definition) is 2. The smallest absolute Gasteiger partial charge is 0.123 e. The number of pyridine rings is 1. The minimum atomic E-state index is -0.204. The Labute approximate surface area is 168 Å². The summed E-state index contributed by atoms with van der Waals surface area (Å²) < 4.78 is 13.6. The number of nitrogens with zero attached hydrogens (tertiary/aromatic N) is 1. The summed E-state index contributed by atoms with van der Waals surface area (Å²) in [6.07, 6.45) is 2.41. The van der Waals surface area contributed by atoms with Gasteiger partial charge >= 0.3 is 0 Å². The van der Waals surface area contributed by atoms with Crippen LogP contribution in [0.3, 0.4) is 0 Å². The Morgan fingerprint density at radius 3 is 2.32 bits per heavy atom. The van der Waals surface area contributed by atoms with Crippen molar-refractivity contribution in [2.45, 2.75) is 29.4 Å². The van der Waals surface area contributed by atoms with Crippen LogP contribution in [0.4, 0.5) is 4.39 Å². The Hall–Kier alpha value is -2.65. The number of halogens is 1. The third-order valence-electron chi connectivity index (χ3n) is 5.25. The number of hydrogen-bond donors (Lipinski definition) is 0. The topological polar surface area (TPSA) is 12.9 Å². The quantitative estimate of drug-likeness (QED) is 0.337. The van der Waals surface area contributed by atoms with Crippen LogP contribution >= 0.6 is 11.8 Å². The fraction of sp³-hybridized carbons (Fsp3) is 0.160. The molecule has 3 heteroatoms. The average molecular weight is 386 g/mol. The van der Waals surface area contributed by atoms with Crippen molar-refractivity contribution in [2.24, 2.45) is 0 Å². The molecule has 0 saturated heterocycles. The van der Waals surface area contributed by atoms with E-state index in [0.717, 1.165) is 22.2 Å². The average Bonchev–Trinajstić information content (AvgIpc) is 3.58. The van der Waals surface area contributed by atoms with Gasteiger partial charge in [0, 0.05) is 27.6 Å². The molecule has 1 aliphatic carbocycles. The van der Waals surface area contributed by atoms with Crippen molar-refractivity contribution in [3.63, 3.8) is 0 Å². The Kier molecular flexibility index (Phi) is 4.61. The van der Waals surface area contributed by atoms with Crippen molar-refractivity contribution in [2.75, 3.05) is 0 Å². The highest BCUT2D eigenvalue weighted by molar-refractivity contribution is 7.98. The molecule has 28 heavy (non-hydrogen) atoms. The van der Waals surface area contributed by atoms with Crippen LogP contribution < -0.4 is 0 Å². The molecule has 0 unspecified atom stereocenters. The van der Waals surface area contributed by atoms with Gasteiger partial charge in [0.2, 0.25) is 0 Å². The minimum absolute atomic E-state index is 0.204. The molecule has 1 nitrogen and oxygen atoms in total. The van der Waals surface area contributed by atoms with Gasteiger partial charge in [-0.1, -0.05) is 48.5 Å². The molecule has 1 fully saturated rings. The predicted molar refractivity (Wildman–Crippen MR) is 115 cm³/mol. The van der Waals surface area contributed by atoms with Crippen molar-refractivity contribution >= 4 is 22.7 Å². The van der Waals surface area contributed by atoms with Crippen LogP contribution in [0.15, 0.2) is 83.8 Å². The van der Waals surface area contributed by atoms with Crippen molar-refractivity contribution in [3.05, 3.63) is 95.9 Å². The fourth-order valence-electron chi connectivity index (χ4n) is 3.73. The Balaban J connectivity index is 1.70. The van der Waals surface area contributed by atoms with E-state index in [9.17, 15) is 4.39 Å². The monoisotopic (exact) mass is 385 g/mol. The zero-order valence-corrected chi connectivity index (χ0v) is 16.3. The van der Waals surface area contributed by atoms with Crippen molar-refractivity contribution < 1.29 is 4.39 Å². The second-order valence-corrected chi connectivity index (χ2v) is 8.30. The van der Waals surface area contributed by atoms with Gasteiger partial charge in [-0.05, 0) is 59.9 Å². The summed E-state index contributed by atoms with van der Waals surface area (Å²) in [6, 6.07) is 25.7. The first-order valence-electron chi connectivity index (χ1n) is 9.65. The molecule has 1 aliphatic rings. The van der Waals surface area contributed by atoms with Gasteiger partial charge in [0.25, 0.3) is 0 Å². The van der Waals surface area contributed by atoms with Crippen LogP contribution in [0.1, 0.15) is 30.0 Å². The third kappa shape index (κ3) is 3.43. The van der Waals surface area contributed by atoms with Gasteiger partial charge in [0.05, 0.1) is 5.52 Å². The molecule has 0 amide bonds. The number of thioether (sulfide) groups is 1. The highest BCUT2D eigenvalue weighted by Gasteiger charge is 2.30. The number of fused-ring (bicyclic) bond motifs is 1. The molecule has 1 saturated carbocycles. The van der Waals surface area contributed by atoms with Gasteiger partial charge in [-0.15, -0.1) is 11.8 Å². The molecule has 3 aromatic carbocycles. The van der Waals surface area contributed by atoms with Gasteiger partial charge in [-0.2, -0.15) is 0 Å². The summed E-state index contributed by atoms with van der Waals surface area (Å²) in [5.41, 5.74) is 5.81. The number of aromatic nitrogens is 1. The second-order valence-electron chi connectivity index (χ2n) is 7.25. The minimum Gasteiger partial charge on any atom is -0.252 e. The van der Waals surface area contributed by atoms with E-state index in [4.69, 9.17) is 4.98 Å².